The Morgan fingerprint density at radius 3 is 2.23 bits per heavy atom. The minimum absolute atomic E-state index is 0.0929. The molecule has 0 radical (unpaired) electrons. The fourth-order valence-corrected chi connectivity index (χ4v) is 1.78. The van der Waals surface area contributed by atoms with E-state index >= 15 is 0 Å². The van der Waals surface area contributed by atoms with Crippen molar-refractivity contribution in [2.24, 2.45) is 5.92 Å². The second kappa shape index (κ2) is 2.98. The fourth-order valence-electron chi connectivity index (χ4n) is 1.78. The summed E-state index contributed by atoms with van der Waals surface area (Å²) in [6.07, 6.45) is 1.06. The van der Waals surface area contributed by atoms with Gasteiger partial charge in [-0.15, -0.1) is 0 Å². The maximum Gasteiger partial charge on any atom is 0.241 e. The van der Waals surface area contributed by atoms with Crippen LogP contribution in [0.3, 0.4) is 0 Å². The van der Waals surface area contributed by atoms with Gasteiger partial charge >= 0.3 is 0 Å². The summed E-state index contributed by atoms with van der Waals surface area (Å²) >= 11 is 0. The normalized spacial score (nSPS) is 34.4. The quantitative estimate of drug-likeness (QED) is 0.678. The zero-order valence-corrected chi connectivity index (χ0v) is 9.19. The molecule has 1 aliphatic rings. The van der Waals surface area contributed by atoms with E-state index in [0.29, 0.717) is 5.92 Å². The van der Waals surface area contributed by atoms with Gasteiger partial charge in [-0.2, -0.15) is 0 Å². The van der Waals surface area contributed by atoms with Crippen molar-refractivity contribution < 1.29 is 4.79 Å². The third kappa shape index (κ3) is 1.70. The summed E-state index contributed by atoms with van der Waals surface area (Å²) in [4.78, 5) is 11.6. The minimum atomic E-state index is -0.432. The molecule has 0 aromatic heterocycles. The van der Waals surface area contributed by atoms with Crippen LogP contribution in [-0.4, -0.2) is 17.1 Å². The lowest BCUT2D eigenvalue weighted by Crippen LogP contribution is -2.54. The SMILES string of the molecule is CCC(C)C1(C)NC(=O)C(C)(C)N1. The largest absolute Gasteiger partial charge is 0.336 e. The minimum Gasteiger partial charge on any atom is -0.336 e. The van der Waals surface area contributed by atoms with E-state index in [0.717, 1.165) is 6.42 Å². The molecule has 0 bridgehead atoms. The lowest BCUT2D eigenvalue weighted by Gasteiger charge is -2.32. The molecule has 1 aliphatic heterocycles. The zero-order valence-electron chi connectivity index (χ0n) is 9.19. The highest BCUT2D eigenvalue weighted by Gasteiger charge is 2.47. The van der Waals surface area contributed by atoms with E-state index in [1.807, 2.05) is 20.8 Å². The van der Waals surface area contributed by atoms with Gasteiger partial charge in [0, 0.05) is 0 Å². The number of hydrogen-bond acceptors (Lipinski definition) is 2. The molecule has 3 nitrogen and oxygen atoms in total. The lowest BCUT2D eigenvalue weighted by atomic mass is 9.94. The monoisotopic (exact) mass is 184 g/mol. The van der Waals surface area contributed by atoms with Gasteiger partial charge in [0.05, 0.1) is 11.2 Å². The molecule has 1 amide bonds. The van der Waals surface area contributed by atoms with Crippen LogP contribution in [0.15, 0.2) is 0 Å². The van der Waals surface area contributed by atoms with E-state index in [-0.39, 0.29) is 11.6 Å². The summed E-state index contributed by atoms with van der Waals surface area (Å²) in [6, 6.07) is 0. The van der Waals surface area contributed by atoms with Crippen LogP contribution in [0.25, 0.3) is 0 Å². The van der Waals surface area contributed by atoms with Crippen LogP contribution in [-0.2, 0) is 4.79 Å². The van der Waals surface area contributed by atoms with Gasteiger partial charge in [0.2, 0.25) is 5.91 Å². The number of carbonyl (C=O) groups is 1. The molecular weight excluding hydrogens is 164 g/mol. The molecule has 1 rings (SSSR count). The molecule has 1 fully saturated rings. The molecule has 3 heteroatoms. The summed E-state index contributed by atoms with van der Waals surface area (Å²) in [5.74, 6) is 0.536. The Kier molecular flexibility index (Phi) is 2.41. The zero-order chi connectivity index (χ0) is 10.3. The van der Waals surface area contributed by atoms with E-state index in [1.54, 1.807) is 0 Å². The topological polar surface area (TPSA) is 41.1 Å². The molecule has 76 valence electrons. The van der Waals surface area contributed by atoms with Gasteiger partial charge in [0.15, 0.2) is 0 Å². The van der Waals surface area contributed by atoms with E-state index < -0.39 is 5.54 Å². The van der Waals surface area contributed by atoms with Gasteiger partial charge in [0.1, 0.15) is 0 Å². The van der Waals surface area contributed by atoms with Crippen molar-refractivity contribution in [2.45, 2.75) is 52.2 Å². The van der Waals surface area contributed by atoms with E-state index in [9.17, 15) is 4.79 Å². The molecule has 13 heavy (non-hydrogen) atoms. The Morgan fingerprint density at radius 2 is 1.92 bits per heavy atom. The van der Waals surface area contributed by atoms with Gasteiger partial charge in [0.25, 0.3) is 0 Å². The van der Waals surface area contributed by atoms with Crippen molar-refractivity contribution in [1.29, 1.82) is 0 Å². The maximum atomic E-state index is 11.6. The lowest BCUT2D eigenvalue weighted by molar-refractivity contribution is -0.123. The Labute approximate surface area is 80.3 Å². The standard InChI is InChI=1S/C10H20N2O/c1-6-7(2)10(5)11-8(13)9(3,4)12-10/h7,12H,6H2,1-5H3,(H,11,13). The molecule has 0 saturated carbocycles. The third-order valence-electron chi connectivity index (χ3n) is 3.11. The van der Waals surface area contributed by atoms with Crippen molar-refractivity contribution in [3.8, 4) is 0 Å². The number of hydrogen-bond donors (Lipinski definition) is 2. The first-order valence-corrected chi connectivity index (χ1v) is 4.94. The van der Waals surface area contributed by atoms with Gasteiger partial charge in [-0.25, -0.2) is 0 Å². The first-order valence-electron chi connectivity index (χ1n) is 4.94. The summed E-state index contributed by atoms with van der Waals surface area (Å²) < 4.78 is 0. The van der Waals surface area contributed by atoms with Crippen molar-refractivity contribution in [3.63, 3.8) is 0 Å². The summed E-state index contributed by atoms with van der Waals surface area (Å²) in [5.41, 5.74) is -0.673. The van der Waals surface area contributed by atoms with Crippen molar-refractivity contribution in [2.75, 3.05) is 0 Å². The van der Waals surface area contributed by atoms with E-state index in [1.165, 1.54) is 0 Å². The molecule has 1 saturated heterocycles. The predicted octanol–water partition coefficient (Wildman–Crippen LogP) is 1.25. The average molecular weight is 184 g/mol. The predicted molar refractivity (Wildman–Crippen MR) is 53.2 cm³/mol. The van der Waals surface area contributed by atoms with Gasteiger partial charge in [-0.1, -0.05) is 20.3 Å². The van der Waals surface area contributed by atoms with Gasteiger partial charge in [-0.3, -0.25) is 10.1 Å². The Balaban J connectivity index is 2.82. The smallest absolute Gasteiger partial charge is 0.241 e. The Morgan fingerprint density at radius 1 is 1.38 bits per heavy atom. The second-order valence-electron chi connectivity index (χ2n) is 4.72. The molecule has 0 aromatic rings. The summed E-state index contributed by atoms with van der Waals surface area (Å²) in [6.45, 7) is 10.2. The molecular formula is C10H20N2O. The molecule has 1 heterocycles. The van der Waals surface area contributed by atoms with Crippen LogP contribution in [0.1, 0.15) is 41.0 Å². The molecule has 2 N–H and O–H groups in total. The maximum absolute atomic E-state index is 11.6. The van der Waals surface area contributed by atoms with Gasteiger partial charge < -0.3 is 5.32 Å². The summed E-state index contributed by atoms with van der Waals surface area (Å²) in [7, 11) is 0. The van der Waals surface area contributed by atoms with Crippen molar-refractivity contribution in [1.82, 2.24) is 10.6 Å². The van der Waals surface area contributed by atoms with Crippen molar-refractivity contribution >= 4 is 5.91 Å². The van der Waals surface area contributed by atoms with Crippen LogP contribution >= 0.6 is 0 Å². The number of rotatable bonds is 2. The highest BCUT2D eigenvalue weighted by atomic mass is 16.2. The number of nitrogens with one attached hydrogen (secondary N) is 2. The first-order chi connectivity index (χ1) is 5.82. The number of amides is 1. The first kappa shape index (κ1) is 10.5. The molecule has 2 unspecified atom stereocenters. The van der Waals surface area contributed by atoms with Gasteiger partial charge in [-0.05, 0) is 26.7 Å². The second-order valence-corrected chi connectivity index (χ2v) is 4.72. The van der Waals surface area contributed by atoms with Crippen LogP contribution in [0.2, 0.25) is 0 Å². The number of carbonyl (C=O) groups excluding carboxylic acids is 1. The Bertz CT molecular complexity index is 225. The third-order valence-corrected chi connectivity index (χ3v) is 3.11. The van der Waals surface area contributed by atoms with Crippen LogP contribution in [0.4, 0.5) is 0 Å². The van der Waals surface area contributed by atoms with Crippen molar-refractivity contribution in [3.05, 3.63) is 0 Å². The average Bonchev–Trinajstić information content (AvgIpc) is 2.21. The van der Waals surface area contributed by atoms with E-state index in [2.05, 4.69) is 24.5 Å². The molecule has 2 atom stereocenters. The highest BCUT2D eigenvalue weighted by molar-refractivity contribution is 5.88. The molecule has 0 spiro atoms. The molecule has 0 aromatic carbocycles. The fraction of sp³-hybridized carbons (Fsp3) is 0.900. The molecule has 0 aliphatic carbocycles. The van der Waals surface area contributed by atoms with Crippen LogP contribution in [0, 0.1) is 5.92 Å². The van der Waals surface area contributed by atoms with Crippen LogP contribution in [0.5, 0.6) is 0 Å². The Hall–Kier alpha value is -0.570. The summed E-state index contributed by atoms with van der Waals surface area (Å²) in [5, 5.41) is 6.37. The van der Waals surface area contributed by atoms with Crippen LogP contribution < -0.4 is 10.6 Å². The van der Waals surface area contributed by atoms with E-state index in [4.69, 9.17) is 0 Å². The highest BCUT2D eigenvalue weighted by Crippen LogP contribution is 2.26.